The molecule has 0 aliphatic carbocycles. The molecule has 0 saturated carbocycles. The van der Waals surface area contributed by atoms with Gasteiger partial charge < -0.3 is 20.3 Å². The Morgan fingerprint density at radius 3 is 2.46 bits per heavy atom. The molecule has 0 radical (unpaired) electrons. The van der Waals surface area contributed by atoms with Crippen molar-refractivity contribution < 1.29 is 9.53 Å². The highest BCUT2D eigenvalue weighted by Crippen LogP contribution is 2.22. The normalized spacial score (nSPS) is 15.2. The summed E-state index contributed by atoms with van der Waals surface area (Å²) in [5.41, 5.74) is 2.92. The van der Waals surface area contributed by atoms with E-state index in [1.807, 2.05) is 37.3 Å². The first kappa shape index (κ1) is 18.1. The molecule has 0 spiro atoms. The molecule has 1 saturated heterocycles. The summed E-state index contributed by atoms with van der Waals surface area (Å²) in [5.74, 6) is 0.634. The van der Waals surface area contributed by atoms with E-state index in [0.717, 1.165) is 30.2 Å². The van der Waals surface area contributed by atoms with E-state index in [4.69, 9.17) is 4.74 Å². The Morgan fingerprint density at radius 1 is 1.04 bits per heavy atom. The number of hydrogen-bond acceptors (Lipinski definition) is 4. The molecule has 2 aromatic carbocycles. The molecular weight excluding hydrogens is 326 g/mol. The Labute approximate surface area is 155 Å². The van der Waals surface area contributed by atoms with Gasteiger partial charge in [-0.05, 0) is 62.6 Å². The first-order valence-corrected chi connectivity index (χ1v) is 9.22. The lowest BCUT2D eigenvalue weighted by Gasteiger charge is -2.29. The number of ether oxygens (including phenoxy) is 1. The molecule has 1 amide bonds. The zero-order chi connectivity index (χ0) is 18.4. The van der Waals surface area contributed by atoms with Crippen molar-refractivity contribution in [1.82, 2.24) is 0 Å². The van der Waals surface area contributed by atoms with Crippen molar-refractivity contribution in [2.24, 2.45) is 0 Å². The predicted octanol–water partition coefficient (Wildman–Crippen LogP) is 4.12. The van der Waals surface area contributed by atoms with E-state index in [-0.39, 0.29) is 11.9 Å². The van der Waals surface area contributed by atoms with Crippen LogP contribution in [0.4, 0.5) is 17.1 Å². The number of anilines is 3. The molecule has 2 N–H and O–H groups in total. The van der Waals surface area contributed by atoms with Crippen molar-refractivity contribution >= 4 is 23.0 Å². The molecule has 5 nitrogen and oxygen atoms in total. The Kier molecular flexibility index (Phi) is 6.00. The van der Waals surface area contributed by atoms with Crippen LogP contribution >= 0.6 is 0 Å². The number of hydrogen-bond donors (Lipinski definition) is 2. The van der Waals surface area contributed by atoms with Crippen LogP contribution in [0, 0.1) is 0 Å². The quantitative estimate of drug-likeness (QED) is 0.820. The SMILES string of the molecule is COc1cccc(NC(=O)[C@@H](C)Nc2ccc(N3CCCCC3)cc2)c1. The average molecular weight is 353 g/mol. The van der Waals surface area contributed by atoms with Crippen LogP contribution in [0.5, 0.6) is 5.75 Å². The van der Waals surface area contributed by atoms with Crippen molar-refractivity contribution in [1.29, 1.82) is 0 Å². The van der Waals surface area contributed by atoms with Gasteiger partial charge in [0.05, 0.1) is 7.11 Å². The van der Waals surface area contributed by atoms with Crippen LogP contribution < -0.4 is 20.3 Å². The minimum atomic E-state index is -0.345. The van der Waals surface area contributed by atoms with Crippen LogP contribution in [0.15, 0.2) is 48.5 Å². The van der Waals surface area contributed by atoms with E-state index in [2.05, 4.69) is 27.7 Å². The lowest BCUT2D eigenvalue weighted by Crippen LogP contribution is -2.32. The summed E-state index contributed by atoms with van der Waals surface area (Å²) < 4.78 is 5.18. The zero-order valence-corrected chi connectivity index (χ0v) is 15.5. The Morgan fingerprint density at radius 2 is 1.77 bits per heavy atom. The Balaban J connectivity index is 1.56. The maximum atomic E-state index is 12.4. The number of carbonyl (C=O) groups excluding carboxylic acids is 1. The monoisotopic (exact) mass is 353 g/mol. The van der Waals surface area contributed by atoms with Gasteiger partial charge in [-0.15, -0.1) is 0 Å². The number of carbonyl (C=O) groups is 1. The number of methoxy groups -OCH3 is 1. The van der Waals surface area contributed by atoms with Crippen molar-refractivity contribution in [3.05, 3.63) is 48.5 Å². The third-order valence-corrected chi connectivity index (χ3v) is 4.70. The molecule has 1 heterocycles. The molecule has 0 aromatic heterocycles. The number of amides is 1. The molecule has 5 heteroatoms. The minimum absolute atomic E-state index is 0.0849. The third kappa shape index (κ3) is 4.69. The zero-order valence-electron chi connectivity index (χ0n) is 15.5. The van der Waals surface area contributed by atoms with Crippen LogP contribution in [0.3, 0.4) is 0 Å². The lowest BCUT2D eigenvalue weighted by atomic mass is 10.1. The molecule has 1 aliphatic rings. The molecule has 0 unspecified atom stereocenters. The van der Waals surface area contributed by atoms with Gasteiger partial charge in [0, 0.05) is 36.2 Å². The van der Waals surface area contributed by atoms with E-state index in [9.17, 15) is 4.79 Å². The fraction of sp³-hybridized carbons (Fsp3) is 0.381. The van der Waals surface area contributed by atoms with Crippen molar-refractivity contribution in [2.75, 3.05) is 35.7 Å². The third-order valence-electron chi connectivity index (χ3n) is 4.70. The molecule has 1 aliphatic heterocycles. The van der Waals surface area contributed by atoms with Gasteiger partial charge in [-0.2, -0.15) is 0 Å². The topological polar surface area (TPSA) is 53.6 Å². The van der Waals surface area contributed by atoms with Crippen molar-refractivity contribution in [3.63, 3.8) is 0 Å². The van der Waals surface area contributed by atoms with Crippen LogP contribution in [0.1, 0.15) is 26.2 Å². The Hall–Kier alpha value is -2.69. The molecule has 0 bridgehead atoms. The maximum Gasteiger partial charge on any atom is 0.246 e. The molecule has 3 rings (SSSR count). The highest BCUT2D eigenvalue weighted by molar-refractivity contribution is 5.96. The van der Waals surface area contributed by atoms with Crippen LogP contribution in [-0.4, -0.2) is 32.1 Å². The van der Waals surface area contributed by atoms with Gasteiger partial charge in [0.15, 0.2) is 0 Å². The second-order valence-corrected chi connectivity index (χ2v) is 6.68. The number of nitrogens with zero attached hydrogens (tertiary/aromatic N) is 1. The molecule has 1 fully saturated rings. The number of nitrogens with one attached hydrogen (secondary N) is 2. The van der Waals surface area contributed by atoms with E-state index in [1.54, 1.807) is 13.2 Å². The number of piperidine rings is 1. The fourth-order valence-electron chi connectivity index (χ4n) is 3.19. The molecule has 138 valence electrons. The average Bonchev–Trinajstić information content (AvgIpc) is 2.69. The summed E-state index contributed by atoms with van der Waals surface area (Å²) >= 11 is 0. The highest BCUT2D eigenvalue weighted by atomic mass is 16.5. The first-order valence-electron chi connectivity index (χ1n) is 9.22. The molecule has 2 aromatic rings. The summed E-state index contributed by atoms with van der Waals surface area (Å²) in [6.45, 7) is 4.12. The van der Waals surface area contributed by atoms with E-state index in [0.29, 0.717) is 0 Å². The van der Waals surface area contributed by atoms with Gasteiger partial charge in [0.1, 0.15) is 11.8 Å². The van der Waals surface area contributed by atoms with Gasteiger partial charge in [0.2, 0.25) is 5.91 Å². The van der Waals surface area contributed by atoms with Gasteiger partial charge >= 0.3 is 0 Å². The van der Waals surface area contributed by atoms with E-state index < -0.39 is 0 Å². The van der Waals surface area contributed by atoms with Gasteiger partial charge in [-0.1, -0.05) is 6.07 Å². The van der Waals surface area contributed by atoms with Crippen molar-refractivity contribution in [2.45, 2.75) is 32.2 Å². The molecular formula is C21H27N3O2. The Bertz CT molecular complexity index is 724. The smallest absolute Gasteiger partial charge is 0.246 e. The standard InChI is InChI=1S/C21H27N3O2/c1-16(21(25)23-18-7-6-8-20(15-18)26-2)22-17-9-11-19(12-10-17)24-13-4-3-5-14-24/h6-12,15-16,22H,3-5,13-14H2,1-2H3,(H,23,25)/t16-/m1/s1. The summed E-state index contributed by atoms with van der Waals surface area (Å²) in [5, 5.41) is 6.17. The van der Waals surface area contributed by atoms with Gasteiger partial charge in [-0.3, -0.25) is 4.79 Å². The second kappa shape index (κ2) is 8.61. The van der Waals surface area contributed by atoms with Gasteiger partial charge in [-0.25, -0.2) is 0 Å². The van der Waals surface area contributed by atoms with Crippen LogP contribution in [-0.2, 0) is 4.79 Å². The number of benzene rings is 2. The summed E-state index contributed by atoms with van der Waals surface area (Å²) in [4.78, 5) is 14.8. The fourth-order valence-corrected chi connectivity index (χ4v) is 3.19. The second-order valence-electron chi connectivity index (χ2n) is 6.68. The largest absolute Gasteiger partial charge is 0.497 e. The minimum Gasteiger partial charge on any atom is -0.497 e. The van der Waals surface area contributed by atoms with Crippen LogP contribution in [0.25, 0.3) is 0 Å². The van der Waals surface area contributed by atoms with Crippen molar-refractivity contribution in [3.8, 4) is 5.75 Å². The van der Waals surface area contributed by atoms with Gasteiger partial charge in [0.25, 0.3) is 0 Å². The van der Waals surface area contributed by atoms with E-state index >= 15 is 0 Å². The summed E-state index contributed by atoms with van der Waals surface area (Å²) in [6.07, 6.45) is 3.86. The maximum absolute atomic E-state index is 12.4. The highest BCUT2D eigenvalue weighted by Gasteiger charge is 2.14. The molecule has 1 atom stereocenters. The predicted molar refractivity (Wildman–Crippen MR) is 107 cm³/mol. The van der Waals surface area contributed by atoms with Crippen LogP contribution in [0.2, 0.25) is 0 Å². The van der Waals surface area contributed by atoms with E-state index in [1.165, 1.54) is 24.9 Å². The lowest BCUT2D eigenvalue weighted by molar-refractivity contribution is -0.116. The molecule has 26 heavy (non-hydrogen) atoms. The number of rotatable bonds is 6. The first-order chi connectivity index (χ1) is 12.7. The summed E-state index contributed by atoms with van der Waals surface area (Å²) in [7, 11) is 1.61. The summed E-state index contributed by atoms with van der Waals surface area (Å²) in [6, 6.07) is 15.3.